The Morgan fingerprint density at radius 3 is 2.68 bits per heavy atom. The second kappa shape index (κ2) is 4.82. The lowest BCUT2D eigenvalue weighted by Gasteiger charge is -2.06. The van der Waals surface area contributed by atoms with Gasteiger partial charge in [-0.1, -0.05) is 0 Å². The van der Waals surface area contributed by atoms with E-state index in [1.165, 1.54) is 17.6 Å². The Kier molecular flexibility index (Phi) is 3.36. The topological polar surface area (TPSA) is 135 Å². The number of rotatable bonds is 4. The molecule has 0 amide bonds. The van der Waals surface area contributed by atoms with E-state index in [1.807, 2.05) is 0 Å². The maximum Gasteiger partial charge on any atom is 0.357 e. The van der Waals surface area contributed by atoms with E-state index in [1.54, 1.807) is 0 Å². The van der Waals surface area contributed by atoms with E-state index in [2.05, 4.69) is 14.7 Å². The van der Waals surface area contributed by atoms with Gasteiger partial charge in [0.2, 0.25) is 0 Å². The molecular formula is C9H8N4O4S2. The van der Waals surface area contributed by atoms with Crippen LogP contribution in [0, 0.1) is 0 Å². The van der Waals surface area contributed by atoms with Crippen molar-refractivity contribution in [2.45, 2.75) is 4.90 Å². The summed E-state index contributed by atoms with van der Waals surface area (Å²) in [5, 5.41) is 8.77. The molecule has 0 atom stereocenters. The third-order valence-corrected chi connectivity index (χ3v) is 4.27. The van der Waals surface area contributed by atoms with Gasteiger partial charge in [0.25, 0.3) is 10.0 Å². The molecule has 2 rings (SSSR count). The van der Waals surface area contributed by atoms with E-state index in [0.717, 1.165) is 17.5 Å². The van der Waals surface area contributed by atoms with E-state index < -0.39 is 16.0 Å². The number of nitrogens with zero attached hydrogens (tertiary/aromatic N) is 2. The summed E-state index contributed by atoms with van der Waals surface area (Å²) in [5.74, 6) is -1.13. The van der Waals surface area contributed by atoms with Crippen LogP contribution in [0.2, 0.25) is 0 Å². The second-order valence-corrected chi connectivity index (χ2v) is 5.90. The number of aromatic nitrogens is 2. The molecule has 0 unspecified atom stereocenters. The predicted molar refractivity (Wildman–Crippen MR) is 68.5 cm³/mol. The van der Waals surface area contributed by atoms with Crippen LogP contribution in [-0.4, -0.2) is 29.5 Å². The molecule has 0 aliphatic heterocycles. The summed E-state index contributed by atoms with van der Waals surface area (Å²) < 4.78 is 26.1. The van der Waals surface area contributed by atoms with Gasteiger partial charge in [0.15, 0.2) is 5.69 Å². The van der Waals surface area contributed by atoms with E-state index in [4.69, 9.17) is 10.8 Å². The molecule has 0 fully saturated rings. The molecule has 0 bridgehead atoms. The minimum absolute atomic E-state index is 0.0654. The number of pyridine rings is 1. The SMILES string of the molecule is Nc1ccc(S(=O)(=O)Nc2scnc2C(=O)O)cn1. The van der Waals surface area contributed by atoms with Crippen molar-refractivity contribution in [2.24, 2.45) is 0 Å². The molecule has 0 aliphatic carbocycles. The Bertz CT molecular complexity index is 708. The number of anilines is 2. The van der Waals surface area contributed by atoms with Crippen molar-refractivity contribution in [3.63, 3.8) is 0 Å². The average Bonchev–Trinajstić information content (AvgIpc) is 2.77. The fourth-order valence-electron chi connectivity index (χ4n) is 1.20. The third-order valence-electron chi connectivity index (χ3n) is 2.07. The molecule has 0 saturated carbocycles. The zero-order valence-corrected chi connectivity index (χ0v) is 10.9. The molecule has 0 radical (unpaired) electrons. The van der Waals surface area contributed by atoms with Gasteiger partial charge in [-0.2, -0.15) is 0 Å². The maximum atomic E-state index is 12.0. The van der Waals surface area contributed by atoms with Crippen molar-refractivity contribution in [3.8, 4) is 0 Å². The van der Waals surface area contributed by atoms with E-state index in [-0.39, 0.29) is 21.4 Å². The van der Waals surface area contributed by atoms with Crippen LogP contribution in [0.15, 0.2) is 28.7 Å². The molecular weight excluding hydrogens is 292 g/mol. The zero-order chi connectivity index (χ0) is 14.0. The number of nitrogens with one attached hydrogen (secondary N) is 1. The first-order chi connectivity index (χ1) is 8.90. The van der Waals surface area contributed by atoms with Crippen molar-refractivity contribution < 1.29 is 18.3 Å². The van der Waals surface area contributed by atoms with E-state index >= 15 is 0 Å². The molecule has 100 valence electrons. The summed E-state index contributed by atoms with van der Waals surface area (Å²) in [6.07, 6.45) is 1.08. The summed E-state index contributed by atoms with van der Waals surface area (Å²) in [4.78, 5) is 17.9. The summed E-state index contributed by atoms with van der Waals surface area (Å²) in [6, 6.07) is 2.60. The van der Waals surface area contributed by atoms with Crippen molar-refractivity contribution in [1.82, 2.24) is 9.97 Å². The number of sulfonamides is 1. The molecule has 0 spiro atoms. The van der Waals surface area contributed by atoms with Gasteiger partial charge in [0, 0.05) is 6.20 Å². The Morgan fingerprint density at radius 2 is 2.11 bits per heavy atom. The third kappa shape index (κ3) is 2.80. The monoisotopic (exact) mass is 300 g/mol. The van der Waals surface area contributed by atoms with Crippen molar-refractivity contribution in [1.29, 1.82) is 0 Å². The number of thiazole rings is 1. The number of carbonyl (C=O) groups is 1. The van der Waals surface area contributed by atoms with Crippen LogP contribution in [0.5, 0.6) is 0 Å². The lowest BCUT2D eigenvalue weighted by Crippen LogP contribution is -2.14. The molecule has 4 N–H and O–H groups in total. The first kappa shape index (κ1) is 13.2. The van der Waals surface area contributed by atoms with Crippen LogP contribution in [0.4, 0.5) is 10.8 Å². The normalized spacial score (nSPS) is 11.2. The highest BCUT2D eigenvalue weighted by atomic mass is 32.2. The van der Waals surface area contributed by atoms with Gasteiger partial charge < -0.3 is 10.8 Å². The maximum absolute atomic E-state index is 12.0. The minimum atomic E-state index is -3.92. The fourth-order valence-corrected chi connectivity index (χ4v) is 3.14. The number of nitrogen functional groups attached to an aromatic ring is 1. The first-order valence-electron chi connectivity index (χ1n) is 4.81. The van der Waals surface area contributed by atoms with Crippen LogP contribution in [0.3, 0.4) is 0 Å². The van der Waals surface area contributed by atoms with Gasteiger partial charge in [-0.3, -0.25) is 4.72 Å². The summed E-state index contributed by atoms with van der Waals surface area (Å²) in [5.41, 5.74) is 6.25. The summed E-state index contributed by atoms with van der Waals surface area (Å²) in [6.45, 7) is 0. The summed E-state index contributed by atoms with van der Waals surface area (Å²) >= 11 is 0.875. The lowest BCUT2D eigenvalue weighted by molar-refractivity contribution is 0.0692. The Labute approximate surface area is 112 Å². The molecule has 0 aliphatic rings. The highest BCUT2D eigenvalue weighted by Gasteiger charge is 2.21. The van der Waals surface area contributed by atoms with Crippen LogP contribution >= 0.6 is 11.3 Å². The number of carboxylic acids is 1. The number of hydrogen-bond donors (Lipinski definition) is 3. The summed E-state index contributed by atoms with van der Waals surface area (Å²) in [7, 11) is -3.92. The molecule has 8 nitrogen and oxygen atoms in total. The molecule has 10 heteroatoms. The first-order valence-corrected chi connectivity index (χ1v) is 7.17. The van der Waals surface area contributed by atoms with Crippen molar-refractivity contribution in [3.05, 3.63) is 29.5 Å². The van der Waals surface area contributed by atoms with Gasteiger partial charge >= 0.3 is 5.97 Å². The molecule has 2 aromatic rings. The highest BCUT2D eigenvalue weighted by molar-refractivity contribution is 7.93. The van der Waals surface area contributed by atoms with Crippen LogP contribution in [-0.2, 0) is 10.0 Å². The van der Waals surface area contributed by atoms with Gasteiger partial charge in [-0.25, -0.2) is 23.2 Å². The number of nitrogens with two attached hydrogens (primary N) is 1. The largest absolute Gasteiger partial charge is 0.476 e. The van der Waals surface area contributed by atoms with Crippen LogP contribution < -0.4 is 10.5 Å². The molecule has 2 heterocycles. The molecule has 19 heavy (non-hydrogen) atoms. The lowest BCUT2D eigenvalue weighted by atomic mass is 10.5. The zero-order valence-electron chi connectivity index (χ0n) is 9.27. The van der Waals surface area contributed by atoms with Crippen LogP contribution in [0.1, 0.15) is 10.5 Å². The van der Waals surface area contributed by atoms with Gasteiger partial charge in [0.05, 0.1) is 5.51 Å². The number of carboxylic acid groups (broad SMARTS) is 1. The quantitative estimate of drug-likeness (QED) is 0.753. The second-order valence-electron chi connectivity index (χ2n) is 3.36. The van der Waals surface area contributed by atoms with Crippen molar-refractivity contribution in [2.75, 3.05) is 10.5 Å². The standard InChI is InChI=1S/C9H8N4O4S2/c10-6-2-1-5(3-11-6)19(16,17)13-8-7(9(14)15)12-4-18-8/h1-4,13H,(H2,10,11)(H,14,15). The van der Waals surface area contributed by atoms with Crippen molar-refractivity contribution >= 4 is 38.1 Å². The van der Waals surface area contributed by atoms with Crippen LogP contribution in [0.25, 0.3) is 0 Å². The average molecular weight is 300 g/mol. The van der Waals surface area contributed by atoms with Gasteiger partial charge in [-0.15, -0.1) is 11.3 Å². The predicted octanol–water partition coefficient (Wildman–Crippen LogP) is 0.619. The highest BCUT2D eigenvalue weighted by Crippen LogP contribution is 2.23. The molecule has 0 saturated heterocycles. The Morgan fingerprint density at radius 1 is 1.37 bits per heavy atom. The Balaban J connectivity index is 2.34. The fraction of sp³-hybridized carbons (Fsp3) is 0. The Hall–Kier alpha value is -2.20. The minimum Gasteiger partial charge on any atom is -0.476 e. The number of aromatic carboxylic acids is 1. The molecule has 0 aromatic carbocycles. The van der Waals surface area contributed by atoms with E-state index in [9.17, 15) is 13.2 Å². The molecule has 2 aromatic heterocycles. The number of hydrogen-bond acceptors (Lipinski definition) is 7. The smallest absolute Gasteiger partial charge is 0.357 e. The van der Waals surface area contributed by atoms with Gasteiger partial charge in [-0.05, 0) is 12.1 Å². The van der Waals surface area contributed by atoms with Gasteiger partial charge in [0.1, 0.15) is 15.7 Å². The van der Waals surface area contributed by atoms with E-state index in [0.29, 0.717) is 0 Å².